The van der Waals surface area contributed by atoms with Crippen LogP contribution in [0.15, 0.2) is 36.8 Å². The van der Waals surface area contributed by atoms with Crippen LogP contribution in [0, 0.1) is 6.54 Å². The molecule has 0 N–H and O–H groups in total. The Morgan fingerprint density at radius 1 is 1.17 bits per heavy atom. The summed E-state index contributed by atoms with van der Waals surface area (Å²) < 4.78 is 2.05. The topological polar surface area (TPSA) is 17.8 Å². The van der Waals surface area contributed by atoms with Crippen LogP contribution >= 0.6 is 0 Å². The maximum atomic E-state index is 4.07. The Hall–Kier alpha value is -1.57. The number of hydrogen-bond acceptors (Lipinski definition) is 1. The van der Waals surface area contributed by atoms with Crippen LogP contribution in [-0.2, 0) is 0 Å². The highest BCUT2D eigenvalue weighted by molar-refractivity contribution is 5.70. The van der Waals surface area contributed by atoms with E-state index in [0.29, 0.717) is 0 Å². The molecule has 0 saturated carbocycles. The molecule has 0 amide bonds. The lowest BCUT2D eigenvalue weighted by Gasteiger charge is -1.93. The van der Waals surface area contributed by atoms with E-state index in [0.717, 1.165) is 0 Å². The van der Waals surface area contributed by atoms with E-state index in [2.05, 4.69) is 35.8 Å². The molecular formula is C10H7N2. The summed E-state index contributed by atoms with van der Waals surface area (Å²) in [5.41, 5.74) is 3.73. The second kappa shape index (κ2) is 1.97. The predicted octanol–water partition coefficient (Wildman–Crippen LogP) is 1.92. The second-order valence-corrected chi connectivity index (χ2v) is 2.90. The van der Waals surface area contributed by atoms with E-state index in [4.69, 9.17) is 0 Å². The summed E-state index contributed by atoms with van der Waals surface area (Å²) in [7, 11) is 0. The van der Waals surface area contributed by atoms with Gasteiger partial charge >= 0.3 is 0 Å². The first kappa shape index (κ1) is 6.00. The lowest BCUT2D eigenvalue weighted by Crippen LogP contribution is -1.85. The van der Waals surface area contributed by atoms with E-state index >= 15 is 0 Å². The van der Waals surface area contributed by atoms with Gasteiger partial charge < -0.3 is 4.57 Å². The molecule has 12 heavy (non-hydrogen) atoms. The fourth-order valence-corrected chi connectivity index (χ4v) is 1.61. The third-order valence-corrected chi connectivity index (χ3v) is 2.18. The molecule has 2 heterocycles. The molecule has 1 aromatic heterocycles. The minimum Gasteiger partial charge on any atom is -0.320 e. The summed E-state index contributed by atoms with van der Waals surface area (Å²) in [6.07, 6.45) is 3.72. The standard InChI is InChI=1S/C10H7N2/c1-2-4-9-8(3-1)6-12-7-11-5-10(9)12/h1-7H. The number of benzene rings is 1. The smallest absolute Gasteiger partial charge is 0.0957 e. The van der Waals surface area contributed by atoms with Crippen LogP contribution in [0.3, 0.4) is 0 Å². The normalized spacial score (nSPS) is 12.7. The van der Waals surface area contributed by atoms with Gasteiger partial charge in [-0.2, -0.15) is 0 Å². The molecule has 0 bridgehead atoms. The Morgan fingerprint density at radius 2 is 2.08 bits per heavy atom. The molecule has 2 aromatic rings. The Balaban J connectivity index is 2.34. The number of imidazole rings is 1. The first-order valence-corrected chi connectivity index (χ1v) is 3.91. The maximum Gasteiger partial charge on any atom is 0.0957 e. The van der Waals surface area contributed by atoms with Gasteiger partial charge in [0.15, 0.2) is 0 Å². The van der Waals surface area contributed by atoms with Crippen molar-refractivity contribution < 1.29 is 0 Å². The molecule has 0 fully saturated rings. The van der Waals surface area contributed by atoms with Crippen LogP contribution in [0.25, 0.3) is 11.3 Å². The second-order valence-electron chi connectivity index (χ2n) is 2.90. The van der Waals surface area contributed by atoms with Crippen molar-refractivity contribution in [3.63, 3.8) is 0 Å². The number of rotatable bonds is 0. The Bertz CT molecular complexity index is 429. The van der Waals surface area contributed by atoms with Crippen molar-refractivity contribution in [2.45, 2.75) is 0 Å². The third kappa shape index (κ3) is 0.619. The van der Waals surface area contributed by atoms with E-state index in [9.17, 15) is 0 Å². The molecule has 0 atom stereocenters. The van der Waals surface area contributed by atoms with Crippen molar-refractivity contribution in [2.75, 3.05) is 0 Å². The van der Waals surface area contributed by atoms with Gasteiger partial charge in [-0.3, -0.25) is 0 Å². The zero-order chi connectivity index (χ0) is 7.97. The summed E-state index contributed by atoms with van der Waals surface area (Å²) in [5.74, 6) is 0. The van der Waals surface area contributed by atoms with Gasteiger partial charge in [0.1, 0.15) is 0 Å². The summed E-state index contributed by atoms with van der Waals surface area (Å²) >= 11 is 0. The first-order valence-electron chi connectivity index (χ1n) is 3.91. The summed E-state index contributed by atoms with van der Waals surface area (Å²) in [4.78, 5) is 4.07. The van der Waals surface area contributed by atoms with Crippen LogP contribution in [-0.4, -0.2) is 9.55 Å². The average molecular weight is 155 g/mol. The minimum atomic E-state index is 1.19. The zero-order valence-corrected chi connectivity index (χ0v) is 6.44. The van der Waals surface area contributed by atoms with Crippen LogP contribution in [0.5, 0.6) is 0 Å². The molecule has 0 saturated heterocycles. The molecule has 0 aliphatic carbocycles. The Kier molecular flexibility index (Phi) is 0.987. The summed E-state index contributed by atoms with van der Waals surface area (Å²) in [5, 5.41) is 0. The van der Waals surface area contributed by atoms with Crippen molar-refractivity contribution in [2.24, 2.45) is 0 Å². The average Bonchev–Trinajstić information content (AvgIpc) is 2.62. The van der Waals surface area contributed by atoms with Gasteiger partial charge in [0.2, 0.25) is 0 Å². The fourth-order valence-electron chi connectivity index (χ4n) is 1.61. The molecule has 1 aromatic carbocycles. The molecule has 3 rings (SSSR count). The van der Waals surface area contributed by atoms with Crippen molar-refractivity contribution in [1.29, 1.82) is 0 Å². The number of aromatic nitrogens is 2. The van der Waals surface area contributed by atoms with Gasteiger partial charge in [0.25, 0.3) is 0 Å². The minimum absolute atomic E-state index is 1.19. The van der Waals surface area contributed by atoms with Gasteiger partial charge in [-0.1, -0.05) is 24.3 Å². The quantitative estimate of drug-likeness (QED) is 0.485. The van der Waals surface area contributed by atoms with Crippen LogP contribution < -0.4 is 0 Å². The van der Waals surface area contributed by atoms with Gasteiger partial charge in [0, 0.05) is 5.56 Å². The third-order valence-electron chi connectivity index (χ3n) is 2.18. The molecule has 2 heteroatoms. The monoisotopic (exact) mass is 155 g/mol. The van der Waals surface area contributed by atoms with E-state index < -0.39 is 0 Å². The molecule has 1 aliphatic heterocycles. The highest BCUT2D eigenvalue weighted by atomic mass is 15.1. The lowest BCUT2D eigenvalue weighted by molar-refractivity contribution is 1.02. The van der Waals surface area contributed by atoms with Gasteiger partial charge in [-0.05, 0) is 5.56 Å². The fraction of sp³-hybridized carbons (Fsp3) is 0. The van der Waals surface area contributed by atoms with Crippen molar-refractivity contribution in [3.05, 3.63) is 48.9 Å². The zero-order valence-electron chi connectivity index (χ0n) is 6.44. The number of fused-ring (bicyclic) bond motifs is 3. The number of hydrogen-bond donors (Lipinski definition) is 0. The Morgan fingerprint density at radius 3 is 3.08 bits per heavy atom. The molecule has 2 nitrogen and oxygen atoms in total. The van der Waals surface area contributed by atoms with E-state index in [-0.39, 0.29) is 0 Å². The molecule has 0 unspecified atom stereocenters. The van der Waals surface area contributed by atoms with Gasteiger partial charge in [0.05, 0.1) is 24.8 Å². The number of nitrogens with zero attached hydrogens (tertiary/aromatic N) is 2. The van der Waals surface area contributed by atoms with Crippen molar-refractivity contribution >= 4 is 0 Å². The van der Waals surface area contributed by atoms with Crippen molar-refractivity contribution in [1.82, 2.24) is 9.55 Å². The lowest BCUT2D eigenvalue weighted by atomic mass is 10.1. The summed E-state index contributed by atoms with van der Waals surface area (Å²) in [6, 6.07) is 8.33. The van der Waals surface area contributed by atoms with Crippen molar-refractivity contribution in [3.8, 4) is 11.3 Å². The SMILES string of the molecule is [CH]1c2ccccc2-c2cncn21. The van der Waals surface area contributed by atoms with Gasteiger partial charge in [-0.25, -0.2) is 4.98 Å². The summed E-state index contributed by atoms with van der Waals surface area (Å²) in [6.45, 7) is 2.09. The van der Waals surface area contributed by atoms with Crippen LogP contribution in [0.2, 0.25) is 0 Å². The first-order chi connectivity index (χ1) is 5.95. The Labute approximate surface area is 70.5 Å². The van der Waals surface area contributed by atoms with E-state index in [1.54, 1.807) is 0 Å². The van der Waals surface area contributed by atoms with Crippen LogP contribution in [0.1, 0.15) is 5.56 Å². The maximum absolute atomic E-state index is 4.07. The van der Waals surface area contributed by atoms with Crippen LogP contribution in [0.4, 0.5) is 0 Å². The van der Waals surface area contributed by atoms with E-state index in [1.807, 2.05) is 17.1 Å². The molecule has 0 spiro atoms. The predicted molar refractivity (Wildman–Crippen MR) is 46.5 cm³/mol. The van der Waals surface area contributed by atoms with Gasteiger partial charge in [-0.15, -0.1) is 0 Å². The largest absolute Gasteiger partial charge is 0.320 e. The highest BCUT2D eigenvalue weighted by Crippen LogP contribution is 2.31. The van der Waals surface area contributed by atoms with E-state index in [1.165, 1.54) is 16.8 Å². The molecule has 1 radical (unpaired) electrons. The highest BCUT2D eigenvalue weighted by Gasteiger charge is 2.16. The molecule has 57 valence electrons. The molecule has 1 aliphatic rings. The molecular weight excluding hydrogens is 148 g/mol.